The smallest absolute Gasteiger partial charge is 0.419 e. The highest BCUT2D eigenvalue weighted by molar-refractivity contribution is 5.99. The molecule has 1 aromatic rings. The van der Waals surface area contributed by atoms with Crippen molar-refractivity contribution >= 4 is 11.8 Å². The number of likely N-dealkylation sites (tertiary alicyclic amines) is 1. The Labute approximate surface area is 196 Å². The number of halogens is 3. The number of unbranched alkanes of at least 4 members (excludes halogenated alkanes) is 5. The van der Waals surface area contributed by atoms with Crippen molar-refractivity contribution in [2.24, 2.45) is 16.0 Å². The molecule has 3 atom stereocenters. The minimum atomic E-state index is -4.61. The summed E-state index contributed by atoms with van der Waals surface area (Å²) in [5.74, 6) is -0.316. The maximum atomic E-state index is 13.7. The van der Waals surface area contributed by atoms with Gasteiger partial charge in [-0.3, -0.25) is 0 Å². The van der Waals surface area contributed by atoms with Gasteiger partial charge in [-0.1, -0.05) is 49.3 Å². The van der Waals surface area contributed by atoms with Crippen molar-refractivity contribution in [1.29, 1.82) is 0 Å². The first-order chi connectivity index (χ1) is 16.2. The molecule has 1 fully saturated rings. The lowest BCUT2D eigenvalue weighted by molar-refractivity contribution is -0.139. The first-order valence-electron chi connectivity index (χ1n) is 11.5. The van der Waals surface area contributed by atoms with Gasteiger partial charge in [0, 0.05) is 18.5 Å². The fourth-order valence-electron chi connectivity index (χ4n) is 4.14. The second-order valence-corrected chi connectivity index (χ2v) is 8.50. The molecule has 190 valence electrons. The predicted octanol–water partition coefficient (Wildman–Crippen LogP) is 3.19. The molecule has 9 nitrogen and oxygen atoms in total. The highest BCUT2D eigenvalue weighted by Gasteiger charge is 2.42. The number of rotatable bonds is 10. The molecule has 0 amide bonds. The van der Waals surface area contributed by atoms with Gasteiger partial charge in [0.15, 0.2) is 5.84 Å². The molecule has 3 rings (SSSR count). The van der Waals surface area contributed by atoms with Crippen LogP contribution in [-0.2, 0) is 11.0 Å². The number of ether oxygens (including phenoxy) is 1. The molecule has 34 heavy (non-hydrogen) atoms. The Morgan fingerprint density at radius 3 is 2.74 bits per heavy atom. The van der Waals surface area contributed by atoms with Gasteiger partial charge in [0.1, 0.15) is 5.75 Å². The molecule has 2 unspecified atom stereocenters. The number of aliphatic hydroxyl groups excluding tert-OH is 1. The largest absolute Gasteiger partial charge is 0.493 e. The lowest BCUT2D eigenvalue weighted by Crippen LogP contribution is -2.51. The lowest BCUT2D eigenvalue weighted by atomic mass is 10.1. The van der Waals surface area contributed by atoms with Crippen LogP contribution in [0.4, 0.5) is 13.2 Å². The lowest BCUT2D eigenvalue weighted by Gasteiger charge is -2.27. The number of guanidine groups is 1. The Morgan fingerprint density at radius 1 is 1.29 bits per heavy atom. The number of alkyl halides is 3. The average Bonchev–Trinajstić information content (AvgIpc) is 3.44. The molecular weight excluding hydrogens is 455 g/mol. The number of nitrogens with two attached hydrogens (primary N) is 1. The van der Waals surface area contributed by atoms with Crippen molar-refractivity contribution in [3.05, 3.63) is 29.3 Å². The zero-order valence-corrected chi connectivity index (χ0v) is 19.1. The van der Waals surface area contributed by atoms with Gasteiger partial charge in [-0.05, 0) is 24.6 Å². The maximum Gasteiger partial charge on any atom is 0.419 e. The molecule has 0 saturated carbocycles. The zero-order chi connectivity index (χ0) is 24.7. The van der Waals surface area contributed by atoms with E-state index in [9.17, 15) is 18.3 Å². The SMILES string of the molecule is CCCCCCCCOc1ccc(C2=NOC(C3C[C@H](O)CN3/C(N)=N/O)N2)cc1C(F)(F)F. The van der Waals surface area contributed by atoms with E-state index in [4.69, 9.17) is 20.5 Å². The van der Waals surface area contributed by atoms with Gasteiger partial charge < -0.3 is 35.8 Å². The van der Waals surface area contributed by atoms with Gasteiger partial charge in [0.05, 0.1) is 24.3 Å². The molecular formula is C22H32F3N5O4. The Bertz CT molecular complexity index is 881. The van der Waals surface area contributed by atoms with Crippen LogP contribution in [0, 0.1) is 0 Å². The van der Waals surface area contributed by atoms with E-state index in [1.165, 1.54) is 17.0 Å². The monoisotopic (exact) mass is 487 g/mol. The highest BCUT2D eigenvalue weighted by Crippen LogP contribution is 2.37. The van der Waals surface area contributed by atoms with Crippen LogP contribution in [0.2, 0.25) is 0 Å². The van der Waals surface area contributed by atoms with Crippen molar-refractivity contribution < 1.29 is 33.1 Å². The number of hydrogen-bond donors (Lipinski definition) is 4. The van der Waals surface area contributed by atoms with Gasteiger partial charge in [-0.25, -0.2) is 0 Å². The van der Waals surface area contributed by atoms with Gasteiger partial charge >= 0.3 is 6.18 Å². The molecule has 2 aliphatic heterocycles. The van der Waals surface area contributed by atoms with Crippen molar-refractivity contribution in [3.63, 3.8) is 0 Å². The van der Waals surface area contributed by atoms with E-state index < -0.39 is 30.1 Å². The number of oxime groups is 2. The summed E-state index contributed by atoms with van der Waals surface area (Å²) in [4.78, 5) is 6.82. The highest BCUT2D eigenvalue weighted by atomic mass is 19.4. The Balaban J connectivity index is 1.65. The first kappa shape index (κ1) is 25.7. The molecule has 1 saturated heterocycles. The topological polar surface area (TPSA) is 125 Å². The normalized spacial score (nSPS) is 23.0. The number of hydrogen-bond acceptors (Lipinski definition) is 7. The maximum absolute atomic E-state index is 13.7. The summed E-state index contributed by atoms with van der Waals surface area (Å²) >= 11 is 0. The van der Waals surface area contributed by atoms with Gasteiger partial charge in [0.2, 0.25) is 12.2 Å². The van der Waals surface area contributed by atoms with Crippen LogP contribution in [0.5, 0.6) is 5.75 Å². The standard InChI is InChI=1S/C22H32F3N5O4/c1-2-3-4-5-6-7-10-33-18-9-8-14(11-16(18)22(23,24)25)19-27-20(34-29-19)17-12-15(31)13-30(17)21(26)28-32/h8-9,11,15,17,20,31-32H,2-7,10,12-13H2,1H3,(H2,26,28)(H,27,29)/t15-,17?,20?/m0/s1. The van der Waals surface area contributed by atoms with E-state index in [1.807, 2.05) is 0 Å². The summed E-state index contributed by atoms with van der Waals surface area (Å²) in [5.41, 5.74) is 4.95. The van der Waals surface area contributed by atoms with Crippen LogP contribution in [0.15, 0.2) is 28.5 Å². The summed E-state index contributed by atoms with van der Waals surface area (Å²) in [6.45, 7) is 2.47. The van der Waals surface area contributed by atoms with E-state index >= 15 is 0 Å². The summed E-state index contributed by atoms with van der Waals surface area (Å²) in [5, 5.41) is 28.7. The second-order valence-electron chi connectivity index (χ2n) is 8.50. The number of benzene rings is 1. The van der Waals surface area contributed by atoms with E-state index in [1.54, 1.807) is 0 Å². The van der Waals surface area contributed by atoms with Crippen molar-refractivity contribution in [3.8, 4) is 5.75 Å². The fourth-order valence-corrected chi connectivity index (χ4v) is 4.14. The van der Waals surface area contributed by atoms with E-state index in [2.05, 4.69) is 22.6 Å². The Kier molecular flexibility index (Phi) is 8.70. The van der Waals surface area contributed by atoms with Crippen LogP contribution >= 0.6 is 0 Å². The Morgan fingerprint density at radius 2 is 2.03 bits per heavy atom. The second kappa shape index (κ2) is 11.5. The number of aliphatic hydroxyl groups is 1. The number of nitrogens with zero attached hydrogens (tertiary/aromatic N) is 3. The Hall–Kier alpha value is -2.89. The number of β-amino-alcohol motifs (C(OH)–C–C–N with tert-alkyl or cyclic N) is 1. The van der Waals surface area contributed by atoms with E-state index in [0.717, 1.165) is 38.2 Å². The van der Waals surface area contributed by atoms with E-state index in [0.29, 0.717) is 6.42 Å². The fraction of sp³-hybridized carbons (Fsp3) is 0.636. The van der Waals surface area contributed by atoms with Crippen LogP contribution in [-0.4, -0.2) is 58.5 Å². The summed E-state index contributed by atoms with van der Waals surface area (Å²) in [6.07, 6.45) is 0.160. The summed E-state index contributed by atoms with van der Waals surface area (Å²) in [6, 6.07) is 3.20. The van der Waals surface area contributed by atoms with Gasteiger partial charge in [-0.2, -0.15) is 13.2 Å². The molecule has 5 N–H and O–H groups in total. The molecule has 0 spiro atoms. The third-order valence-electron chi connectivity index (χ3n) is 5.92. The number of nitrogens with one attached hydrogen (secondary N) is 1. The molecule has 2 aliphatic rings. The van der Waals surface area contributed by atoms with Gasteiger partial charge in [-0.15, -0.1) is 0 Å². The molecule has 0 bridgehead atoms. The predicted molar refractivity (Wildman–Crippen MR) is 119 cm³/mol. The first-order valence-corrected chi connectivity index (χ1v) is 11.5. The van der Waals surface area contributed by atoms with Crippen LogP contribution < -0.4 is 15.8 Å². The molecule has 0 radical (unpaired) electrons. The minimum absolute atomic E-state index is 0.110. The minimum Gasteiger partial charge on any atom is -0.493 e. The summed E-state index contributed by atoms with van der Waals surface area (Å²) in [7, 11) is 0. The van der Waals surface area contributed by atoms with Crippen molar-refractivity contribution in [2.45, 2.75) is 76.4 Å². The molecule has 0 aromatic heterocycles. The zero-order valence-electron chi connectivity index (χ0n) is 19.1. The summed E-state index contributed by atoms with van der Waals surface area (Å²) < 4.78 is 46.6. The van der Waals surface area contributed by atoms with E-state index in [-0.39, 0.29) is 42.7 Å². The average molecular weight is 488 g/mol. The van der Waals surface area contributed by atoms with Crippen LogP contribution in [0.25, 0.3) is 0 Å². The third kappa shape index (κ3) is 6.37. The number of amidine groups is 1. The van der Waals surface area contributed by atoms with Crippen LogP contribution in [0.1, 0.15) is 63.0 Å². The quantitative estimate of drug-likeness (QED) is 0.131. The molecule has 0 aliphatic carbocycles. The molecule has 2 heterocycles. The van der Waals surface area contributed by atoms with Crippen molar-refractivity contribution in [1.82, 2.24) is 10.2 Å². The third-order valence-corrected chi connectivity index (χ3v) is 5.92. The molecule has 1 aromatic carbocycles. The van der Waals surface area contributed by atoms with Gasteiger partial charge in [0.25, 0.3) is 0 Å². The van der Waals surface area contributed by atoms with Crippen LogP contribution in [0.3, 0.4) is 0 Å². The molecule has 12 heteroatoms. The van der Waals surface area contributed by atoms with Crippen molar-refractivity contribution in [2.75, 3.05) is 13.2 Å².